The molecule has 1 amide bonds. The summed E-state index contributed by atoms with van der Waals surface area (Å²) < 4.78 is 0. The Hall–Kier alpha value is -0.437. The van der Waals surface area contributed by atoms with Crippen molar-refractivity contribution in [2.75, 3.05) is 13.6 Å². The van der Waals surface area contributed by atoms with Crippen LogP contribution in [-0.2, 0) is 29.1 Å². The van der Waals surface area contributed by atoms with E-state index in [4.69, 9.17) is 9.90 Å². The number of carbonyl (C=O) groups is 2. The summed E-state index contributed by atoms with van der Waals surface area (Å²) in [6.45, 7) is 2.04. The van der Waals surface area contributed by atoms with Gasteiger partial charge in [-0.1, -0.05) is 0 Å². The Kier molecular flexibility index (Phi) is 8.49. The van der Waals surface area contributed by atoms with E-state index in [0.717, 1.165) is 26.3 Å². The van der Waals surface area contributed by atoms with Crippen LogP contribution in [0.25, 0.3) is 0 Å². The number of amides is 1. The van der Waals surface area contributed by atoms with Crippen molar-refractivity contribution >= 4 is 11.9 Å². The van der Waals surface area contributed by atoms with Crippen LogP contribution in [0.3, 0.4) is 0 Å². The molecule has 0 aliphatic carbocycles. The minimum atomic E-state index is -0.833. The smallest absolute Gasteiger partial charge is 0.300 e. The monoisotopic (exact) mass is 223 g/mol. The molecule has 0 atom stereocenters. The quantitative estimate of drug-likeness (QED) is 0.603. The van der Waals surface area contributed by atoms with Crippen LogP contribution in [0.2, 0.25) is 0 Å². The van der Waals surface area contributed by atoms with Gasteiger partial charge >= 0.3 is 0 Å². The molecule has 0 aromatic rings. The standard InChI is InChI=1S/C5H9NO.C2H4O2.Zn/c1-6-4-2-3-5(6)7;1-2(3)4;/h2-4H2,1H3;1H3,(H,3,4);. The molecule has 0 radical (unpaired) electrons. The first-order chi connectivity index (χ1) is 5.04. The molecule has 1 N–H and O–H groups in total. The number of carboxylic acid groups (broad SMARTS) is 1. The molecule has 0 aromatic carbocycles. The van der Waals surface area contributed by atoms with E-state index in [9.17, 15) is 4.79 Å². The topological polar surface area (TPSA) is 57.6 Å². The molecule has 5 heteroatoms. The van der Waals surface area contributed by atoms with Gasteiger partial charge < -0.3 is 10.0 Å². The van der Waals surface area contributed by atoms with E-state index < -0.39 is 5.97 Å². The normalized spacial score (nSPS) is 14.5. The van der Waals surface area contributed by atoms with Crippen molar-refractivity contribution in [3.8, 4) is 0 Å². The minimum absolute atomic E-state index is 0. The number of carboxylic acids is 1. The molecule has 1 aliphatic heterocycles. The van der Waals surface area contributed by atoms with Crippen molar-refractivity contribution in [3.63, 3.8) is 0 Å². The zero-order valence-corrected chi connectivity index (χ0v) is 10.5. The van der Waals surface area contributed by atoms with Crippen LogP contribution >= 0.6 is 0 Å². The second-order valence-corrected chi connectivity index (χ2v) is 2.44. The Morgan fingerprint density at radius 3 is 2.08 bits per heavy atom. The maximum absolute atomic E-state index is 10.5. The van der Waals surface area contributed by atoms with E-state index in [-0.39, 0.29) is 19.5 Å². The number of likely N-dealkylation sites (tertiary alicyclic amines) is 1. The van der Waals surface area contributed by atoms with E-state index in [1.165, 1.54) is 0 Å². The Morgan fingerprint density at radius 2 is 2.00 bits per heavy atom. The van der Waals surface area contributed by atoms with E-state index in [0.29, 0.717) is 5.91 Å². The molecule has 0 bridgehead atoms. The average molecular weight is 225 g/mol. The fraction of sp³-hybridized carbons (Fsp3) is 0.714. The summed E-state index contributed by atoms with van der Waals surface area (Å²) in [7, 11) is 1.84. The maximum Gasteiger partial charge on any atom is 0.300 e. The SMILES string of the molecule is CC(=O)O.CN1CCCC1=O.[Zn]. The summed E-state index contributed by atoms with van der Waals surface area (Å²) in [5.41, 5.74) is 0. The van der Waals surface area contributed by atoms with E-state index >= 15 is 0 Å². The summed E-state index contributed by atoms with van der Waals surface area (Å²) in [5.74, 6) is -0.542. The first-order valence-electron chi connectivity index (χ1n) is 3.47. The van der Waals surface area contributed by atoms with Crippen molar-refractivity contribution in [1.82, 2.24) is 4.90 Å². The molecule has 4 nitrogen and oxygen atoms in total. The molecule has 12 heavy (non-hydrogen) atoms. The number of carbonyl (C=O) groups excluding carboxylic acids is 1. The van der Waals surface area contributed by atoms with E-state index in [1.54, 1.807) is 4.90 Å². The summed E-state index contributed by atoms with van der Waals surface area (Å²) in [5, 5.41) is 7.42. The van der Waals surface area contributed by atoms with Crippen LogP contribution in [-0.4, -0.2) is 35.5 Å². The summed E-state index contributed by atoms with van der Waals surface area (Å²) >= 11 is 0. The van der Waals surface area contributed by atoms with Crippen LogP contribution in [0.4, 0.5) is 0 Å². The Morgan fingerprint density at radius 1 is 1.58 bits per heavy atom. The third kappa shape index (κ3) is 7.67. The summed E-state index contributed by atoms with van der Waals surface area (Å²) in [6, 6.07) is 0. The fourth-order valence-electron chi connectivity index (χ4n) is 0.783. The molecule has 1 fully saturated rings. The number of aliphatic carboxylic acids is 1. The van der Waals surface area contributed by atoms with Gasteiger partial charge in [0, 0.05) is 46.4 Å². The van der Waals surface area contributed by atoms with Gasteiger partial charge in [0.1, 0.15) is 0 Å². The number of rotatable bonds is 0. The number of hydrogen-bond donors (Lipinski definition) is 1. The van der Waals surface area contributed by atoms with E-state index in [2.05, 4.69) is 0 Å². The van der Waals surface area contributed by atoms with Gasteiger partial charge in [-0.2, -0.15) is 0 Å². The second kappa shape index (κ2) is 7.23. The zero-order chi connectivity index (χ0) is 8.85. The first kappa shape index (κ1) is 14.1. The third-order valence-electron chi connectivity index (χ3n) is 1.31. The maximum atomic E-state index is 10.5. The van der Waals surface area contributed by atoms with Gasteiger partial charge in [0.05, 0.1) is 0 Å². The van der Waals surface area contributed by atoms with Crippen molar-refractivity contribution in [1.29, 1.82) is 0 Å². The van der Waals surface area contributed by atoms with Crippen LogP contribution in [0.1, 0.15) is 19.8 Å². The van der Waals surface area contributed by atoms with Crippen LogP contribution in [0, 0.1) is 0 Å². The molecule has 0 saturated carbocycles. The van der Waals surface area contributed by atoms with E-state index in [1.807, 2.05) is 7.05 Å². The molecule has 66 valence electrons. The Balaban J connectivity index is 0. The molecule has 0 aromatic heterocycles. The van der Waals surface area contributed by atoms with Crippen molar-refractivity contribution in [2.24, 2.45) is 0 Å². The van der Waals surface area contributed by atoms with Crippen molar-refractivity contribution in [2.45, 2.75) is 19.8 Å². The summed E-state index contributed by atoms with van der Waals surface area (Å²) in [4.78, 5) is 21.3. The Bertz CT molecular complexity index is 157. The average Bonchev–Trinajstić information content (AvgIpc) is 2.15. The molecule has 1 rings (SSSR count). The predicted octanol–water partition coefficient (Wildman–Crippen LogP) is 0.327. The van der Waals surface area contributed by atoms with Crippen molar-refractivity contribution in [3.05, 3.63) is 0 Å². The second-order valence-electron chi connectivity index (χ2n) is 2.44. The largest absolute Gasteiger partial charge is 0.481 e. The van der Waals surface area contributed by atoms with Gasteiger partial charge in [0.15, 0.2) is 0 Å². The predicted molar refractivity (Wildman–Crippen MR) is 40.2 cm³/mol. The van der Waals surface area contributed by atoms with Crippen LogP contribution in [0.15, 0.2) is 0 Å². The van der Waals surface area contributed by atoms with Gasteiger partial charge in [0.2, 0.25) is 5.91 Å². The van der Waals surface area contributed by atoms with Crippen LogP contribution < -0.4 is 0 Å². The van der Waals surface area contributed by atoms with Crippen LogP contribution in [0.5, 0.6) is 0 Å². The van der Waals surface area contributed by atoms with Gasteiger partial charge in [0.25, 0.3) is 5.97 Å². The van der Waals surface area contributed by atoms with Crippen molar-refractivity contribution < 1.29 is 34.2 Å². The number of nitrogens with zero attached hydrogens (tertiary/aromatic N) is 1. The molecular weight excluding hydrogens is 211 g/mol. The molecule has 1 heterocycles. The van der Waals surface area contributed by atoms with Gasteiger partial charge in [-0.15, -0.1) is 0 Å². The minimum Gasteiger partial charge on any atom is -0.481 e. The molecular formula is C7H13NO3Zn. The van der Waals surface area contributed by atoms with Gasteiger partial charge in [-0.05, 0) is 6.42 Å². The molecule has 0 spiro atoms. The Labute approximate surface area is 84.7 Å². The molecule has 1 aliphatic rings. The first-order valence-corrected chi connectivity index (χ1v) is 3.47. The van der Waals surface area contributed by atoms with Gasteiger partial charge in [-0.3, -0.25) is 9.59 Å². The third-order valence-corrected chi connectivity index (χ3v) is 1.31. The summed E-state index contributed by atoms with van der Waals surface area (Å²) in [6.07, 6.45) is 1.81. The fourth-order valence-corrected chi connectivity index (χ4v) is 0.783. The number of hydrogen-bond acceptors (Lipinski definition) is 2. The molecule has 1 saturated heterocycles. The zero-order valence-electron chi connectivity index (χ0n) is 7.54. The van der Waals surface area contributed by atoms with Gasteiger partial charge in [-0.25, -0.2) is 0 Å². The molecule has 0 unspecified atom stereocenters.